The summed E-state index contributed by atoms with van der Waals surface area (Å²) in [6.45, 7) is 3.35. The molecule has 0 aliphatic carbocycles. The molecule has 0 spiro atoms. The molecule has 158 valence electrons. The van der Waals surface area contributed by atoms with Gasteiger partial charge in [0.1, 0.15) is 13.2 Å². The molecule has 2 aromatic rings. The van der Waals surface area contributed by atoms with Crippen LogP contribution in [0.5, 0.6) is 11.5 Å². The number of hydrogen-bond acceptors (Lipinski definition) is 5. The molecule has 0 bridgehead atoms. The van der Waals surface area contributed by atoms with Crippen molar-refractivity contribution in [2.75, 3.05) is 38.6 Å². The second-order valence-electron chi connectivity index (χ2n) is 7.36. The SMILES string of the molecule is O=C(NCCc1ccc2c(c1)OCCO2)c1ccccc1SCC(=O)N1CCCC1. The van der Waals surface area contributed by atoms with Gasteiger partial charge >= 0.3 is 0 Å². The van der Waals surface area contributed by atoms with Crippen LogP contribution in [0.2, 0.25) is 0 Å². The molecule has 0 unspecified atom stereocenters. The number of amides is 2. The molecule has 30 heavy (non-hydrogen) atoms. The highest BCUT2D eigenvalue weighted by molar-refractivity contribution is 8.00. The van der Waals surface area contributed by atoms with Crippen molar-refractivity contribution < 1.29 is 19.1 Å². The molecule has 6 nitrogen and oxygen atoms in total. The van der Waals surface area contributed by atoms with Gasteiger partial charge in [-0.1, -0.05) is 18.2 Å². The van der Waals surface area contributed by atoms with Gasteiger partial charge in [0.2, 0.25) is 5.91 Å². The Bertz CT molecular complexity index is 912. The number of nitrogens with zero attached hydrogens (tertiary/aromatic N) is 1. The summed E-state index contributed by atoms with van der Waals surface area (Å²) in [5.74, 6) is 1.91. The molecular weight excluding hydrogens is 400 g/mol. The van der Waals surface area contributed by atoms with E-state index in [2.05, 4.69) is 5.32 Å². The van der Waals surface area contributed by atoms with E-state index >= 15 is 0 Å². The van der Waals surface area contributed by atoms with Gasteiger partial charge in [0.15, 0.2) is 11.5 Å². The quantitative estimate of drug-likeness (QED) is 0.689. The fourth-order valence-electron chi connectivity index (χ4n) is 3.64. The van der Waals surface area contributed by atoms with Crippen molar-refractivity contribution in [2.24, 2.45) is 0 Å². The normalized spacial score (nSPS) is 15.1. The van der Waals surface area contributed by atoms with E-state index in [4.69, 9.17) is 9.47 Å². The molecule has 2 aliphatic heterocycles. The van der Waals surface area contributed by atoms with Crippen LogP contribution in [-0.2, 0) is 11.2 Å². The number of fused-ring (bicyclic) bond motifs is 1. The van der Waals surface area contributed by atoms with Gasteiger partial charge in [0.05, 0.1) is 11.3 Å². The van der Waals surface area contributed by atoms with E-state index in [0.717, 1.165) is 47.9 Å². The largest absolute Gasteiger partial charge is 0.486 e. The summed E-state index contributed by atoms with van der Waals surface area (Å²) in [6, 6.07) is 13.3. The zero-order valence-electron chi connectivity index (χ0n) is 16.9. The van der Waals surface area contributed by atoms with Gasteiger partial charge < -0.3 is 19.7 Å². The molecule has 0 saturated carbocycles. The van der Waals surface area contributed by atoms with E-state index in [1.807, 2.05) is 47.4 Å². The number of carbonyl (C=O) groups excluding carboxylic acids is 2. The maximum atomic E-state index is 12.7. The Balaban J connectivity index is 1.30. The first-order valence-electron chi connectivity index (χ1n) is 10.4. The molecule has 0 atom stereocenters. The number of carbonyl (C=O) groups is 2. The fourth-order valence-corrected chi connectivity index (χ4v) is 4.59. The molecule has 0 aromatic heterocycles. The smallest absolute Gasteiger partial charge is 0.252 e. The van der Waals surface area contributed by atoms with E-state index in [0.29, 0.717) is 37.5 Å². The van der Waals surface area contributed by atoms with Gasteiger partial charge in [-0.25, -0.2) is 0 Å². The highest BCUT2D eigenvalue weighted by atomic mass is 32.2. The highest BCUT2D eigenvalue weighted by Crippen LogP contribution is 2.30. The van der Waals surface area contributed by atoms with E-state index < -0.39 is 0 Å². The topological polar surface area (TPSA) is 67.9 Å². The van der Waals surface area contributed by atoms with E-state index in [1.165, 1.54) is 11.8 Å². The third-order valence-corrected chi connectivity index (χ3v) is 6.31. The molecule has 2 heterocycles. The number of benzene rings is 2. The number of thioether (sulfide) groups is 1. The van der Waals surface area contributed by atoms with Crippen molar-refractivity contribution >= 4 is 23.6 Å². The van der Waals surface area contributed by atoms with E-state index in [1.54, 1.807) is 0 Å². The molecule has 1 fully saturated rings. The van der Waals surface area contributed by atoms with Crippen molar-refractivity contribution in [1.29, 1.82) is 0 Å². The average molecular weight is 427 g/mol. The lowest BCUT2D eigenvalue weighted by Crippen LogP contribution is -2.29. The van der Waals surface area contributed by atoms with Gasteiger partial charge in [-0.2, -0.15) is 0 Å². The number of hydrogen-bond donors (Lipinski definition) is 1. The van der Waals surface area contributed by atoms with Crippen molar-refractivity contribution in [2.45, 2.75) is 24.2 Å². The number of likely N-dealkylation sites (tertiary alicyclic amines) is 1. The molecular formula is C23H26N2O4S. The Morgan fingerprint density at radius 3 is 2.60 bits per heavy atom. The molecule has 2 amide bonds. The van der Waals surface area contributed by atoms with Crippen molar-refractivity contribution in [3.05, 3.63) is 53.6 Å². The number of rotatable bonds is 7. The Morgan fingerprint density at radius 1 is 1.00 bits per heavy atom. The van der Waals surface area contributed by atoms with Crippen LogP contribution in [0.4, 0.5) is 0 Å². The highest BCUT2D eigenvalue weighted by Gasteiger charge is 2.19. The molecule has 7 heteroatoms. The second-order valence-corrected chi connectivity index (χ2v) is 8.37. The zero-order chi connectivity index (χ0) is 20.8. The van der Waals surface area contributed by atoms with Crippen LogP contribution in [0.25, 0.3) is 0 Å². The minimum absolute atomic E-state index is 0.121. The van der Waals surface area contributed by atoms with Crippen LogP contribution in [-0.4, -0.2) is 55.3 Å². The summed E-state index contributed by atoms with van der Waals surface area (Å²) in [7, 11) is 0. The summed E-state index contributed by atoms with van der Waals surface area (Å²) in [6.07, 6.45) is 2.86. The second kappa shape index (κ2) is 9.89. The summed E-state index contributed by atoms with van der Waals surface area (Å²) < 4.78 is 11.2. The van der Waals surface area contributed by atoms with Crippen LogP contribution in [0.15, 0.2) is 47.4 Å². The maximum Gasteiger partial charge on any atom is 0.252 e. The van der Waals surface area contributed by atoms with Crippen LogP contribution in [0.3, 0.4) is 0 Å². The minimum atomic E-state index is -0.121. The molecule has 0 radical (unpaired) electrons. The summed E-state index contributed by atoms with van der Waals surface area (Å²) >= 11 is 1.43. The van der Waals surface area contributed by atoms with Crippen molar-refractivity contribution in [1.82, 2.24) is 10.2 Å². The lowest BCUT2D eigenvalue weighted by molar-refractivity contribution is -0.127. The molecule has 1 saturated heterocycles. The molecule has 2 aliphatic rings. The third-order valence-electron chi connectivity index (χ3n) is 5.25. The summed E-state index contributed by atoms with van der Waals surface area (Å²) in [5, 5.41) is 2.99. The Hall–Kier alpha value is -2.67. The minimum Gasteiger partial charge on any atom is -0.486 e. The van der Waals surface area contributed by atoms with Crippen LogP contribution >= 0.6 is 11.8 Å². The Morgan fingerprint density at radius 2 is 1.77 bits per heavy atom. The first kappa shape index (κ1) is 20.6. The zero-order valence-corrected chi connectivity index (χ0v) is 17.7. The van der Waals surface area contributed by atoms with Gasteiger partial charge in [-0.3, -0.25) is 9.59 Å². The summed E-state index contributed by atoms with van der Waals surface area (Å²) in [5.41, 5.74) is 1.69. The van der Waals surface area contributed by atoms with E-state index in [-0.39, 0.29) is 11.8 Å². The fraction of sp³-hybridized carbons (Fsp3) is 0.391. The molecule has 4 rings (SSSR count). The molecule has 2 aromatic carbocycles. The Kier molecular flexibility index (Phi) is 6.79. The van der Waals surface area contributed by atoms with Crippen LogP contribution in [0.1, 0.15) is 28.8 Å². The first-order valence-corrected chi connectivity index (χ1v) is 11.4. The monoisotopic (exact) mass is 426 g/mol. The van der Waals surface area contributed by atoms with Gasteiger partial charge in [0.25, 0.3) is 5.91 Å². The van der Waals surface area contributed by atoms with Gasteiger partial charge in [-0.05, 0) is 49.1 Å². The van der Waals surface area contributed by atoms with Gasteiger partial charge in [-0.15, -0.1) is 11.8 Å². The Labute approximate surface area is 180 Å². The number of ether oxygens (including phenoxy) is 2. The predicted octanol–water partition coefficient (Wildman–Crippen LogP) is 3.14. The lowest BCUT2D eigenvalue weighted by atomic mass is 10.1. The van der Waals surface area contributed by atoms with Crippen LogP contribution < -0.4 is 14.8 Å². The standard InChI is InChI=1S/C23H26N2O4S/c26-22(25-11-3-4-12-25)16-30-21-6-2-1-5-18(21)23(27)24-10-9-17-7-8-19-20(15-17)29-14-13-28-19/h1-2,5-8,15H,3-4,9-14,16H2,(H,24,27). The van der Waals surface area contributed by atoms with Crippen LogP contribution in [0, 0.1) is 0 Å². The maximum absolute atomic E-state index is 12.7. The van der Waals surface area contributed by atoms with Crippen molar-refractivity contribution in [3.8, 4) is 11.5 Å². The van der Waals surface area contributed by atoms with Crippen molar-refractivity contribution in [3.63, 3.8) is 0 Å². The summed E-state index contributed by atoms with van der Waals surface area (Å²) in [4.78, 5) is 27.8. The van der Waals surface area contributed by atoms with E-state index in [9.17, 15) is 9.59 Å². The average Bonchev–Trinajstić information content (AvgIpc) is 3.33. The number of nitrogens with one attached hydrogen (secondary N) is 1. The third kappa shape index (κ3) is 5.08. The molecule has 1 N–H and O–H groups in total. The first-order chi connectivity index (χ1) is 14.7. The lowest BCUT2D eigenvalue weighted by Gasteiger charge is -2.19. The predicted molar refractivity (Wildman–Crippen MR) is 116 cm³/mol. The van der Waals surface area contributed by atoms with Gasteiger partial charge in [0, 0.05) is 24.5 Å².